The molecule has 0 fully saturated rings. The summed E-state index contributed by atoms with van der Waals surface area (Å²) in [6, 6.07) is 4.55. The molecule has 0 aliphatic heterocycles. The van der Waals surface area contributed by atoms with Gasteiger partial charge >= 0.3 is 18.9 Å². The van der Waals surface area contributed by atoms with Crippen LogP contribution in [0.5, 0.6) is 0 Å². The summed E-state index contributed by atoms with van der Waals surface area (Å²) in [7, 11) is 0. The van der Waals surface area contributed by atoms with Crippen LogP contribution in [0.2, 0.25) is 5.02 Å². The maximum Gasteiger partial charge on any atom is 1.00 e. The molecule has 1 aromatic carbocycles. The SMILES string of the molecule is Fc1cccc(Cl)c1C[S-].[Li+]. The Balaban J connectivity index is 0.000001000. The van der Waals surface area contributed by atoms with E-state index in [0.29, 0.717) is 10.6 Å². The second-order valence-electron chi connectivity index (χ2n) is 1.84. The molecule has 0 aromatic heterocycles. The Morgan fingerprint density at radius 2 is 2.09 bits per heavy atom. The second kappa shape index (κ2) is 5.11. The van der Waals surface area contributed by atoms with E-state index < -0.39 is 0 Å². The number of hydrogen-bond acceptors (Lipinski definition) is 1. The Bertz CT molecular complexity index is 222. The predicted molar refractivity (Wildman–Crippen MR) is 42.5 cm³/mol. The Kier molecular flexibility index (Phi) is 5.29. The molecule has 0 unspecified atom stereocenters. The summed E-state index contributed by atoms with van der Waals surface area (Å²) in [4.78, 5) is 0. The van der Waals surface area contributed by atoms with Gasteiger partial charge < -0.3 is 12.6 Å². The molecular weight excluding hydrogens is 178 g/mol. The van der Waals surface area contributed by atoms with E-state index in [-0.39, 0.29) is 30.4 Å². The summed E-state index contributed by atoms with van der Waals surface area (Å²) >= 11 is 10.3. The zero-order valence-electron chi connectivity index (χ0n) is 6.10. The van der Waals surface area contributed by atoms with Crippen LogP contribution < -0.4 is 18.9 Å². The smallest absolute Gasteiger partial charge is 0.788 e. The zero-order chi connectivity index (χ0) is 7.56. The van der Waals surface area contributed by atoms with Crippen LogP contribution in [-0.2, 0) is 18.4 Å². The van der Waals surface area contributed by atoms with Crippen LogP contribution >= 0.6 is 11.6 Å². The minimum absolute atomic E-state index is 0. The topological polar surface area (TPSA) is 0 Å². The van der Waals surface area contributed by atoms with Gasteiger partial charge in [0.05, 0.1) is 0 Å². The molecule has 1 rings (SSSR count). The van der Waals surface area contributed by atoms with Gasteiger partial charge in [0.15, 0.2) is 0 Å². The minimum atomic E-state index is -0.317. The van der Waals surface area contributed by atoms with Gasteiger partial charge in [0.25, 0.3) is 0 Å². The van der Waals surface area contributed by atoms with E-state index >= 15 is 0 Å². The van der Waals surface area contributed by atoms with Crippen LogP contribution in [0, 0.1) is 5.82 Å². The predicted octanol–water partition coefficient (Wildman–Crippen LogP) is -0.470. The fraction of sp³-hybridized carbons (Fsp3) is 0.143. The third-order valence-corrected chi connectivity index (χ3v) is 1.85. The summed E-state index contributed by atoms with van der Waals surface area (Å²) in [5, 5.41) is 0.412. The Morgan fingerprint density at radius 3 is 2.45 bits per heavy atom. The third-order valence-electron chi connectivity index (χ3n) is 1.21. The van der Waals surface area contributed by atoms with Crippen molar-refractivity contribution >= 4 is 24.2 Å². The molecule has 0 bridgehead atoms. The minimum Gasteiger partial charge on any atom is -0.788 e. The van der Waals surface area contributed by atoms with Gasteiger partial charge in [-0.3, -0.25) is 0 Å². The van der Waals surface area contributed by atoms with Gasteiger partial charge in [0.1, 0.15) is 5.82 Å². The van der Waals surface area contributed by atoms with Crippen molar-refractivity contribution in [2.45, 2.75) is 5.75 Å². The van der Waals surface area contributed by atoms with Crippen molar-refractivity contribution in [3.63, 3.8) is 0 Å². The molecule has 0 atom stereocenters. The number of benzene rings is 1. The van der Waals surface area contributed by atoms with Gasteiger partial charge in [0.2, 0.25) is 0 Å². The van der Waals surface area contributed by atoms with Crippen LogP contribution in [0.3, 0.4) is 0 Å². The third kappa shape index (κ3) is 2.72. The van der Waals surface area contributed by atoms with E-state index in [4.69, 9.17) is 11.6 Å². The standard InChI is InChI=1S/C7H6ClFS.Li/c8-6-2-1-3-7(9)5(6)4-10;/h1-3,10H,4H2;/q;+1/p-1. The molecule has 0 aliphatic carbocycles. The van der Waals surface area contributed by atoms with Crippen molar-refractivity contribution in [3.8, 4) is 0 Å². The summed E-state index contributed by atoms with van der Waals surface area (Å²) in [6.07, 6.45) is 0. The van der Waals surface area contributed by atoms with Gasteiger partial charge in [-0.15, -0.1) is 5.75 Å². The van der Waals surface area contributed by atoms with Crippen LogP contribution in [0.15, 0.2) is 18.2 Å². The van der Waals surface area contributed by atoms with Gasteiger partial charge in [-0.05, 0) is 17.7 Å². The molecule has 0 spiro atoms. The first-order valence-electron chi connectivity index (χ1n) is 2.76. The first kappa shape index (κ1) is 11.4. The van der Waals surface area contributed by atoms with Gasteiger partial charge in [-0.1, -0.05) is 17.7 Å². The van der Waals surface area contributed by atoms with E-state index in [2.05, 4.69) is 12.6 Å². The fourth-order valence-electron chi connectivity index (χ4n) is 0.670. The molecule has 0 heterocycles. The molecule has 54 valence electrons. The van der Waals surface area contributed by atoms with E-state index in [1.54, 1.807) is 12.1 Å². The zero-order valence-corrected chi connectivity index (χ0v) is 7.68. The second-order valence-corrected chi connectivity index (χ2v) is 2.54. The van der Waals surface area contributed by atoms with Gasteiger partial charge in [0, 0.05) is 5.02 Å². The summed E-state index contributed by atoms with van der Waals surface area (Å²) in [5.41, 5.74) is 0.416. The monoisotopic (exact) mass is 182 g/mol. The average Bonchev–Trinajstić information content (AvgIpc) is 1.88. The van der Waals surface area contributed by atoms with Crippen molar-refractivity contribution < 1.29 is 23.3 Å². The number of rotatable bonds is 1. The maximum absolute atomic E-state index is 12.7. The van der Waals surface area contributed by atoms with E-state index in [1.807, 2.05) is 0 Å². The van der Waals surface area contributed by atoms with Crippen LogP contribution in [-0.4, -0.2) is 0 Å². The van der Waals surface area contributed by atoms with Crippen LogP contribution in [0.1, 0.15) is 5.56 Å². The molecule has 1 aromatic rings. The largest absolute Gasteiger partial charge is 1.00 e. The normalized spacial score (nSPS) is 9.00. The van der Waals surface area contributed by atoms with Gasteiger partial charge in [-0.2, -0.15) is 0 Å². The van der Waals surface area contributed by atoms with Gasteiger partial charge in [-0.25, -0.2) is 4.39 Å². The molecule has 0 saturated heterocycles. The quantitative estimate of drug-likeness (QED) is 0.418. The maximum atomic E-state index is 12.7. The molecule has 4 heteroatoms. The van der Waals surface area contributed by atoms with Crippen LogP contribution in [0.25, 0.3) is 0 Å². The summed E-state index contributed by atoms with van der Waals surface area (Å²) < 4.78 is 12.7. The molecule has 0 aliphatic rings. The van der Waals surface area contributed by atoms with Crippen molar-refractivity contribution in [3.05, 3.63) is 34.6 Å². The molecule has 0 saturated carbocycles. The molecule has 0 nitrogen and oxygen atoms in total. The molecule has 0 radical (unpaired) electrons. The summed E-state index contributed by atoms with van der Waals surface area (Å²) in [5.74, 6) is -0.0894. The van der Waals surface area contributed by atoms with Crippen LogP contribution in [0.4, 0.5) is 4.39 Å². The van der Waals surface area contributed by atoms with Crippen molar-refractivity contribution in [1.29, 1.82) is 0 Å². The Labute approximate surface area is 87.7 Å². The number of hydrogen-bond donors (Lipinski definition) is 0. The Morgan fingerprint density at radius 1 is 1.45 bits per heavy atom. The van der Waals surface area contributed by atoms with E-state index in [1.165, 1.54) is 6.07 Å². The van der Waals surface area contributed by atoms with Crippen molar-refractivity contribution in [2.24, 2.45) is 0 Å². The van der Waals surface area contributed by atoms with E-state index in [9.17, 15) is 4.39 Å². The first-order chi connectivity index (χ1) is 4.75. The molecule has 0 amide bonds. The van der Waals surface area contributed by atoms with E-state index in [0.717, 1.165) is 0 Å². The average molecular weight is 183 g/mol. The first-order valence-corrected chi connectivity index (χ1v) is 3.72. The summed E-state index contributed by atoms with van der Waals surface area (Å²) in [6.45, 7) is 0. The molecule has 0 N–H and O–H groups in total. The molecular formula is C7H5ClFLiS. The van der Waals surface area contributed by atoms with Crippen molar-refractivity contribution in [2.75, 3.05) is 0 Å². The fourth-order valence-corrected chi connectivity index (χ4v) is 1.27. The Hall–Kier alpha value is 0.387. The number of halogens is 2. The molecule has 11 heavy (non-hydrogen) atoms. The van der Waals surface area contributed by atoms with Crippen molar-refractivity contribution in [1.82, 2.24) is 0 Å².